The lowest BCUT2D eigenvalue weighted by Crippen LogP contribution is -2.10. The van der Waals surface area contributed by atoms with Crippen LogP contribution in [0.3, 0.4) is 0 Å². The van der Waals surface area contributed by atoms with E-state index < -0.39 is 17.7 Å². The van der Waals surface area contributed by atoms with Crippen LogP contribution < -0.4 is 4.74 Å². The molecular weight excluding hydrogens is 190 g/mol. The Morgan fingerprint density at radius 3 is 2.38 bits per heavy atom. The van der Waals surface area contributed by atoms with Crippen LogP contribution >= 0.6 is 0 Å². The van der Waals surface area contributed by atoms with Gasteiger partial charge in [0.1, 0.15) is 5.75 Å². The molecule has 6 heteroatoms. The monoisotopic (exact) mass is 195 g/mol. The summed E-state index contributed by atoms with van der Waals surface area (Å²) in [7, 11) is 1.21. The van der Waals surface area contributed by atoms with E-state index in [1.807, 2.05) is 0 Å². The van der Waals surface area contributed by atoms with Gasteiger partial charge in [-0.05, 0) is 0 Å². The largest absolute Gasteiger partial charge is 0.495 e. The van der Waals surface area contributed by atoms with Crippen LogP contribution in [-0.4, -0.2) is 12.1 Å². The van der Waals surface area contributed by atoms with Crippen LogP contribution in [0.5, 0.6) is 5.75 Å². The highest BCUT2D eigenvalue weighted by Gasteiger charge is 2.36. The van der Waals surface area contributed by atoms with Gasteiger partial charge in [-0.3, -0.25) is 0 Å². The third-order valence-corrected chi connectivity index (χ3v) is 1.32. The summed E-state index contributed by atoms with van der Waals surface area (Å²) in [5.41, 5.74) is -1.53. The van der Waals surface area contributed by atoms with Crippen molar-refractivity contribution >= 4 is 0 Å². The van der Waals surface area contributed by atoms with Crippen molar-refractivity contribution in [3.63, 3.8) is 0 Å². The quantitative estimate of drug-likeness (QED) is 0.641. The molecule has 1 rings (SSSR count). The first-order valence-corrected chi connectivity index (χ1v) is 3.22. The molecule has 0 saturated carbocycles. The summed E-state index contributed by atoms with van der Waals surface area (Å²) in [5, 5.41) is 0. The molecule has 0 aliphatic heterocycles. The Hall–Kier alpha value is -1.33. The molecule has 0 aliphatic rings. The standard InChI is InChI=1S/C7H5F4NO/c1-13-4-2-5(8)6(12-3-4)7(9,10)11/h2-3H,1H3. The second kappa shape index (κ2) is 3.20. The minimum Gasteiger partial charge on any atom is -0.495 e. The minimum absolute atomic E-state index is 0.0505. The number of alkyl halides is 3. The van der Waals surface area contributed by atoms with Gasteiger partial charge in [-0.1, -0.05) is 0 Å². The van der Waals surface area contributed by atoms with Gasteiger partial charge >= 0.3 is 6.18 Å². The highest BCUT2D eigenvalue weighted by atomic mass is 19.4. The number of hydrogen-bond donors (Lipinski definition) is 0. The third-order valence-electron chi connectivity index (χ3n) is 1.32. The van der Waals surface area contributed by atoms with Gasteiger partial charge in [0.2, 0.25) is 0 Å². The van der Waals surface area contributed by atoms with E-state index in [1.54, 1.807) is 0 Å². The van der Waals surface area contributed by atoms with E-state index in [1.165, 1.54) is 7.11 Å². The van der Waals surface area contributed by atoms with Gasteiger partial charge in [-0.2, -0.15) is 13.2 Å². The average Bonchev–Trinajstić information content (AvgIpc) is 2.01. The predicted octanol–water partition coefficient (Wildman–Crippen LogP) is 2.25. The van der Waals surface area contributed by atoms with Gasteiger partial charge in [0.15, 0.2) is 11.5 Å². The van der Waals surface area contributed by atoms with E-state index >= 15 is 0 Å². The molecule has 0 atom stereocenters. The van der Waals surface area contributed by atoms with Crippen molar-refractivity contribution in [1.29, 1.82) is 0 Å². The summed E-state index contributed by atoms with van der Waals surface area (Å²) in [5.74, 6) is -1.49. The summed E-state index contributed by atoms with van der Waals surface area (Å²) in [6.45, 7) is 0. The summed E-state index contributed by atoms with van der Waals surface area (Å²) in [4.78, 5) is 2.90. The van der Waals surface area contributed by atoms with Crippen molar-refractivity contribution in [2.24, 2.45) is 0 Å². The molecule has 0 fully saturated rings. The molecule has 72 valence electrons. The zero-order valence-electron chi connectivity index (χ0n) is 6.52. The molecule has 0 unspecified atom stereocenters. The summed E-state index contributed by atoms with van der Waals surface area (Å²) < 4.78 is 53.0. The van der Waals surface area contributed by atoms with Gasteiger partial charge in [0.25, 0.3) is 0 Å². The molecule has 1 aromatic rings. The minimum atomic E-state index is -4.77. The zero-order chi connectivity index (χ0) is 10.1. The second-order valence-electron chi connectivity index (χ2n) is 2.20. The molecule has 0 aromatic carbocycles. The molecule has 13 heavy (non-hydrogen) atoms. The Labute approximate surface area is 71.2 Å². The van der Waals surface area contributed by atoms with Crippen LogP contribution in [0.15, 0.2) is 12.3 Å². The van der Waals surface area contributed by atoms with Crippen molar-refractivity contribution in [3.8, 4) is 5.75 Å². The van der Waals surface area contributed by atoms with E-state index in [9.17, 15) is 17.6 Å². The maximum atomic E-state index is 12.7. The Morgan fingerprint density at radius 2 is 2.00 bits per heavy atom. The number of aromatic nitrogens is 1. The Bertz CT molecular complexity index is 310. The molecule has 0 radical (unpaired) electrons. The fourth-order valence-corrected chi connectivity index (χ4v) is 0.741. The molecule has 0 N–H and O–H groups in total. The molecular formula is C7H5F4NO. The van der Waals surface area contributed by atoms with Crippen LogP contribution in [0, 0.1) is 5.82 Å². The number of ether oxygens (including phenoxy) is 1. The Balaban J connectivity index is 3.13. The highest BCUT2D eigenvalue weighted by molar-refractivity contribution is 5.22. The second-order valence-corrected chi connectivity index (χ2v) is 2.20. The number of nitrogens with zero attached hydrogens (tertiary/aromatic N) is 1. The van der Waals surface area contributed by atoms with E-state index in [-0.39, 0.29) is 5.75 Å². The predicted molar refractivity (Wildman–Crippen MR) is 35.7 cm³/mol. The van der Waals surface area contributed by atoms with E-state index in [4.69, 9.17) is 0 Å². The van der Waals surface area contributed by atoms with Crippen LogP contribution in [0.2, 0.25) is 0 Å². The van der Waals surface area contributed by atoms with Crippen molar-refractivity contribution in [3.05, 3.63) is 23.8 Å². The van der Waals surface area contributed by atoms with Gasteiger partial charge in [0, 0.05) is 6.07 Å². The van der Waals surface area contributed by atoms with Crippen LogP contribution in [0.1, 0.15) is 5.69 Å². The molecule has 2 nitrogen and oxygen atoms in total. The average molecular weight is 195 g/mol. The fraction of sp³-hybridized carbons (Fsp3) is 0.286. The van der Waals surface area contributed by atoms with Gasteiger partial charge in [-0.15, -0.1) is 0 Å². The van der Waals surface area contributed by atoms with Crippen LogP contribution in [-0.2, 0) is 6.18 Å². The number of methoxy groups -OCH3 is 1. The normalized spacial score (nSPS) is 11.5. The lowest BCUT2D eigenvalue weighted by molar-refractivity contribution is -0.143. The Morgan fingerprint density at radius 1 is 1.38 bits per heavy atom. The highest BCUT2D eigenvalue weighted by Crippen LogP contribution is 2.30. The number of rotatable bonds is 1. The first-order chi connectivity index (χ1) is 5.95. The van der Waals surface area contributed by atoms with Crippen molar-refractivity contribution in [1.82, 2.24) is 4.98 Å². The van der Waals surface area contributed by atoms with Crippen molar-refractivity contribution in [2.45, 2.75) is 6.18 Å². The van der Waals surface area contributed by atoms with E-state index in [0.29, 0.717) is 6.07 Å². The van der Waals surface area contributed by atoms with Crippen LogP contribution in [0.25, 0.3) is 0 Å². The maximum absolute atomic E-state index is 12.7. The van der Waals surface area contributed by atoms with E-state index in [0.717, 1.165) is 6.20 Å². The summed E-state index contributed by atoms with van der Waals surface area (Å²) in [6.07, 6.45) is -3.96. The molecule has 0 saturated heterocycles. The smallest absolute Gasteiger partial charge is 0.436 e. The van der Waals surface area contributed by atoms with Gasteiger partial charge in [-0.25, -0.2) is 9.37 Å². The third kappa shape index (κ3) is 2.07. The van der Waals surface area contributed by atoms with Crippen LogP contribution in [0.4, 0.5) is 17.6 Å². The number of halogens is 4. The topological polar surface area (TPSA) is 22.1 Å². The lowest BCUT2D eigenvalue weighted by Gasteiger charge is -2.07. The molecule has 1 heterocycles. The van der Waals surface area contributed by atoms with Gasteiger partial charge < -0.3 is 4.74 Å². The van der Waals surface area contributed by atoms with E-state index in [2.05, 4.69) is 9.72 Å². The Kier molecular flexibility index (Phi) is 2.40. The first kappa shape index (κ1) is 9.76. The molecule has 0 amide bonds. The first-order valence-electron chi connectivity index (χ1n) is 3.22. The summed E-state index contributed by atoms with van der Waals surface area (Å²) in [6, 6.07) is 0.635. The maximum Gasteiger partial charge on any atom is 0.436 e. The number of pyridine rings is 1. The van der Waals surface area contributed by atoms with Crippen molar-refractivity contribution in [2.75, 3.05) is 7.11 Å². The van der Waals surface area contributed by atoms with Gasteiger partial charge in [0.05, 0.1) is 13.3 Å². The number of hydrogen-bond acceptors (Lipinski definition) is 2. The SMILES string of the molecule is COc1cnc(C(F)(F)F)c(F)c1. The molecule has 0 aliphatic carbocycles. The zero-order valence-corrected chi connectivity index (χ0v) is 6.52. The van der Waals surface area contributed by atoms with Crippen molar-refractivity contribution < 1.29 is 22.3 Å². The molecule has 0 bridgehead atoms. The molecule has 0 spiro atoms. The molecule has 1 aromatic heterocycles. The fourth-order valence-electron chi connectivity index (χ4n) is 0.741. The lowest BCUT2D eigenvalue weighted by atomic mass is 10.3. The summed E-state index contributed by atoms with van der Waals surface area (Å²) >= 11 is 0.